The van der Waals surface area contributed by atoms with Crippen molar-refractivity contribution < 1.29 is 4.55 Å². The summed E-state index contributed by atoms with van der Waals surface area (Å²) in [6, 6.07) is 7.34. The normalized spacial score (nSPS) is 12.3. The number of hydrogen-bond donors (Lipinski definition) is 1. The maximum Gasteiger partial charge on any atom is 0.317 e. The zero-order valence-electron chi connectivity index (χ0n) is 6.06. The minimum atomic E-state index is -1.15. The molecule has 1 heterocycles. The third-order valence-electron chi connectivity index (χ3n) is 1.54. The van der Waals surface area contributed by atoms with Crippen LogP contribution in [0.5, 0.6) is 0 Å². The van der Waals surface area contributed by atoms with Crippen molar-refractivity contribution in [1.82, 2.24) is 4.98 Å². The second kappa shape index (κ2) is 3.02. The van der Waals surface area contributed by atoms with Crippen molar-refractivity contribution in [3.8, 4) is 0 Å². The number of hydrogen-bond acceptors (Lipinski definition) is 4. The summed E-state index contributed by atoms with van der Waals surface area (Å²) in [6.45, 7) is 0. The van der Waals surface area contributed by atoms with Crippen molar-refractivity contribution in [3.63, 3.8) is 0 Å². The SMILES string of the molecule is NSc1nc2ccccc2[s+]1[O-]. The molecule has 0 spiro atoms. The van der Waals surface area contributed by atoms with E-state index in [0.717, 1.165) is 22.2 Å². The first-order valence-corrected chi connectivity index (χ1v) is 5.32. The number of nitrogens with two attached hydrogens (primary N) is 1. The van der Waals surface area contributed by atoms with Gasteiger partial charge in [0.25, 0.3) is 0 Å². The van der Waals surface area contributed by atoms with Crippen LogP contribution in [0, 0.1) is 0 Å². The van der Waals surface area contributed by atoms with Gasteiger partial charge in [-0.25, -0.2) is 0 Å². The highest BCUT2D eigenvalue weighted by molar-refractivity contribution is 7.99. The summed E-state index contributed by atoms with van der Waals surface area (Å²) < 4.78 is 12.7. The standard InChI is InChI=1S/C7H6N2OS2/c8-11-7-9-5-3-1-2-4-6(5)12(7)10/h1-4H,8H2. The summed E-state index contributed by atoms with van der Waals surface area (Å²) in [4.78, 5) is 4.11. The van der Waals surface area contributed by atoms with Crippen molar-refractivity contribution in [3.05, 3.63) is 24.3 Å². The van der Waals surface area contributed by atoms with E-state index in [-0.39, 0.29) is 0 Å². The first-order valence-electron chi connectivity index (χ1n) is 3.29. The van der Waals surface area contributed by atoms with Gasteiger partial charge in [0.1, 0.15) is 5.52 Å². The molecular formula is C7H6N2OS2. The van der Waals surface area contributed by atoms with Crippen LogP contribution in [0.2, 0.25) is 0 Å². The number of rotatable bonds is 1. The Bertz CT molecular complexity index is 413. The molecule has 1 unspecified atom stereocenters. The van der Waals surface area contributed by atoms with Crippen molar-refractivity contribution in [2.24, 2.45) is 5.14 Å². The number of fused-ring (bicyclic) bond motifs is 1. The Hall–Kier alpha value is -0.620. The highest BCUT2D eigenvalue weighted by atomic mass is 32.2. The van der Waals surface area contributed by atoms with Gasteiger partial charge < -0.3 is 4.55 Å². The molecule has 0 aliphatic carbocycles. The minimum absolute atomic E-state index is 0.483. The zero-order valence-corrected chi connectivity index (χ0v) is 7.69. The summed E-state index contributed by atoms with van der Waals surface area (Å²) in [7, 11) is -1.15. The fourth-order valence-electron chi connectivity index (χ4n) is 1.01. The van der Waals surface area contributed by atoms with Crippen LogP contribution >= 0.6 is 22.7 Å². The Morgan fingerprint density at radius 3 is 2.83 bits per heavy atom. The highest BCUT2D eigenvalue weighted by Crippen LogP contribution is 2.34. The average Bonchev–Trinajstić information content (AvgIpc) is 2.44. The van der Waals surface area contributed by atoms with Gasteiger partial charge in [-0.05, 0) is 16.8 Å². The second-order valence-corrected chi connectivity index (χ2v) is 4.48. The van der Waals surface area contributed by atoms with Gasteiger partial charge in [-0.1, -0.05) is 12.1 Å². The molecule has 2 aromatic rings. The molecule has 0 amide bonds. The lowest BCUT2D eigenvalue weighted by Crippen LogP contribution is -1.77. The van der Waals surface area contributed by atoms with Crippen LogP contribution in [-0.4, -0.2) is 9.54 Å². The van der Waals surface area contributed by atoms with Gasteiger partial charge >= 0.3 is 4.34 Å². The molecule has 0 fully saturated rings. The summed E-state index contributed by atoms with van der Waals surface area (Å²) >= 11 is 0.947. The molecule has 2 N–H and O–H groups in total. The predicted molar refractivity (Wildman–Crippen MR) is 50.4 cm³/mol. The van der Waals surface area contributed by atoms with Gasteiger partial charge in [-0.2, -0.15) is 4.98 Å². The lowest BCUT2D eigenvalue weighted by Gasteiger charge is -1.88. The van der Waals surface area contributed by atoms with E-state index in [9.17, 15) is 4.55 Å². The van der Waals surface area contributed by atoms with Crippen molar-refractivity contribution in [2.45, 2.75) is 4.34 Å². The van der Waals surface area contributed by atoms with Crippen LogP contribution in [0.25, 0.3) is 10.2 Å². The van der Waals surface area contributed by atoms with E-state index in [4.69, 9.17) is 5.14 Å². The third-order valence-corrected chi connectivity index (χ3v) is 3.73. The van der Waals surface area contributed by atoms with Gasteiger partial charge in [0.2, 0.25) is 4.70 Å². The molecule has 0 aliphatic rings. The van der Waals surface area contributed by atoms with Crippen LogP contribution in [0.15, 0.2) is 28.6 Å². The van der Waals surface area contributed by atoms with Crippen molar-refractivity contribution in [2.75, 3.05) is 0 Å². The van der Waals surface area contributed by atoms with Gasteiger partial charge in [0, 0.05) is 18.0 Å². The maximum atomic E-state index is 11.5. The average molecular weight is 198 g/mol. The van der Waals surface area contributed by atoms with Crippen LogP contribution in [0.4, 0.5) is 0 Å². The maximum absolute atomic E-state index is 11.5. The molecule has 3 nitrogen and oxygen atoms in total. The van der Waals surface area contributed by atoms with Crippen LogP contribution in [0.1, 0.15) is 0 Å². The molecule has 0 aliphatic heterocycles. The van der Waals surface area contributed by atoms with Crippen molar-refractivity contribution in [1.29, 1.82) is 0 Å². The summed E-state index contributed by atoms with van der Waals surface area (Å²) in [6.07, 6.45) is 0. The van der Waals surface area contributed by atoms with E-state index >= 15 is 0 Å². The lowest BCUT2D eigenvalue weighted by molar-refractivity contribution is 0.595. The number of aromatic nitrogens is 1. The molecule has 2 rings (SSSR count). The topological polar surface area (TPSA) is 62.0 Å². The molecule has 0 radical (unpaired) electrons. The van der Waals surface area contributed by atoms with E-state index in [1.807, 2.05) is 18.2 Å². The van der Waals surface area contributed by atoms with Gasteiger partial charge in [0.05, 0.1) is 0 Å². The fourth-order valence-corrected chi connectivity index (χ4v) is 2.66. The van der Waals surface area contributed by atoms with E-state index in [1.54, 1.807) is 6.07 Å². The number of benzene rings is 1. The highest BCUT2D eigenvalue weighted by Gasteiger charge is 2.13. The molecule has 0 saturated heterocycles. The molecule has 0 saturated carbocycles. The number of thiazole rings is 1. The minimum Gasteiger partial charge on any atom is -0.588 e. The van der Waals surface area contributed by atoms with Crippen LogP contribution in [0.3, 0.4) is 0 Å². The summed E-state index contributed by atoms with van der Waals surface area (Å²) in [5.74, 6) is 0. The molecule has 1 aromatic carbocycles. The number of nitrogens with zero attached hydrogens (tertiary/aromatic N) is 1. The third kappa shape index (κ3) is 1.11. The molecule has 1 atom stereocenters. The molecule has 12 heavy (non-hydrogen) atoms. The molecular weight excluding hydrogens is 192 g/mol. The van der Waals surface area contributed by atoms with Gasteiger partial charge in [-0.15, -0.1) is 0 Å². The lowest BCUT2D eigenvalue weighted by atomic mass is 10.3. The quantitative estimate of drug-likeness (QED) is 0.561. The molecule has 62 valence electrons. The van der Waals surface area contributed by atoms with Crippen LogP contribution < -0.4 is 5.14 Å². The summed E-state index contributed by atoms with van der Waals surface area (Å²) in [5, 5.41) is 5.30. The zero-order chi connectivity index (χ0) is 8.55. The second-order valence-electron chi connectivity index (χ2n) is 2.23. The summed E-state index contributed by atoms with van der Waals surface area (Å²) in [5.41, 5.74) is 0.767. The predicted octanol–water partition coefficient (Wildman–Crippen LogP) is 1.93. The monoisotopic (exact) mass is 198 g/mol. The Kier molecular flexibility index (Phi) is 2.02. The Labute approximate surface area is 76.5 Å². The smallest absolute Gasteiger partial charge is 0.317 e. The molecule has 1 aromatic heterocycles. The van der Waals surface area contributed by atoms with Crippen LogP contribution in [-0.2, 0) is 0 Å². The van der Waals surface area contributed by atoms with Gasteiger partial charge in [0.15, 0.2) is 0 Å². The number of para-hydroxylation sites is 1. The first-order chi connectivity index (χ1) is 5.83. The Morgan fingerprint density at radius 1 is 1.42 bits per heavy atom. The van der Waals surface area contributed by atoms with E-state index in [0.29, 0.717) is 4.34 Å². The molecule has 0 bridgehead atoms. The molecule has 5 heteroatoms. The van der Waals surface area contributed by atoms with E-state index in [2.05, 4.69) is 4.98 Å². The largest absolute Gasteiger partial charge is 0.588 e. The Balaban J connectivity index is 2.78. The van der Waals surface area contributed by atoms with E-state index in [1.165, 1.54) is 0 Å². The first kappa shape index (κ1) is 8.00. The van der Waals surface area contributed by atoms with Crippen molar-refractivity contribution >= 4 is 32.9 Å². The fraction of sp³-hybridized carbons (Fsp3) is 0. The van der Waals surface area contributed by atoms with Gasteiger partial charge in [-0.3, -0.25) is 5.14 Å². The van der Waals surface area contributed by atoms with E-state index < -0.39 is 10.8 Å². The Morgan fingerprint density at radius 2 is 2.17 bits per heavy atom.